The van der Waals surface area contributed by atoms with Crippen molar-refractivity contribution in [3.05, 3.63) is 35.0 Å². The van der Waals surface area contributed by atoms with Crippen molar-refractivity contribution in [2.45, 2.75) is 71.5 Å². The summed E-state index contributed by atoms with van der Waals surface area (Å²) >= 11 is 1.60. The first-order chi connectivity index (χ1) is 16.9. The lowest BCUT2D eigenvalue weighted by Gasteiger charge is -2.28. The number of fused-ring (bicyclic) bond motifs is 1. The van der Waals surface area contributed by atoms with Crippen molar-refractivity contribution in [3.63, 3.8) is 0 Å². The van der Waals surface area contributed by atoms with Crippen LogP contribution in [-0.4, -0.2) is 46.8 Å². The zero-order chi connectivity index (χ0) is 25.4. The highest BCUT2D eigenvalue weighted by atomic mass is 32.2. The van der Waals surface area contributed by atoms with E-state index in [2.05, 4.69) is 38.0 Å². The van der Waals surface area contributed by atoms with Gasteiger partial charge in [0.1, 0.15) is 6.04 Å². The van der Waals surface area contributed by atoms with E-state index in [0.717, 1.165) is 37.0 Å². The summed E-state index contributed by atoms with van der Waals surface area (Å²) in [6, 6.07) is 5.27. The van der Waals surface area contributed by atoms with Crippen LogP contribution in [0.4, 0.5) is 5.95 Å². The highest BCUT2D eigenvalue weighted by Crippen LogP contribution is 2.40. The third-order valence-corrected chi connectivity index (χ3v) is 6.72. The van der Waals surface area contributed by atoms with Crippen LogP contribution in [0.2, 0.25) is 0 Å². The molecule has 0 aliphatic carbocycles. The fraction of sp³-hybridized carbons (Fsp3) is 0.577. The monoisotopic (exact) mass is 502 g/mol. The van der Waals surface area contributed by atoms with Crippen molar-refractivity contribution < 1.29 is 19.0 Å². The maximum Gasteiger partial charge on any atom is 0.338 e. The van der Waals surface area contributed by atoms with Gasteiger partial charge in [0.15, 0.2) is 11.5 Å². The Morgan fingerprint density at radius 3 is 2.69 bits per heavy atom. The third kappa shape index (κ3) is 6.72. The first-order valence-electron chi connectivity index (χ1n) is 12.4. The Bertz CT molecular complexity index is 1030. The highest BCUT2D eigenvalue weighted by Gasteiger charge is 2.35. The van der Waals surface area contributed by atoms with Gasteiger partial charge in [-0.2, -0.15) is 4.98 Å². The van der Waals surface area contributed by atoms with Crippen molar-refractivity contribution in [2.24, 2.45) is 5.92 Å². The number of anilines is 1. The minimum atomic E-state index is -0.498. The first kappa shape index (κ1) is 26.9. The van der Waals surface area contributed by atoms with Gasteiger partial charge in [0.05, 0.1) is 25.9 Å². The van der Waals surface area contributed by atoms with Gasteiger partial charge in [-0.05, 0) is 49.8 Å². The summed E-state index contributed by atoms with van der Waals surface area (Å²) in [6.07, 6.45) is 3.75. The van der Waals surface area contributed by atoms with Gasteiger partial charge in [-0.3, -0.25) is 0 Å². The van der Waals surface area contributed by atoms with E-state index in [4.69, 9.17) is 19.3 Å². The lowest BCUT2D eigenvalue weighted by atomic mass is 9.95. The Labute approximate surface area is 212 Å². The van der Waals surface area contributed by atoms with Crippen LogP contribution >= 0.6 is 11.8 Å². The van der Waals surface area contributed by atoms with Crippen molar-refractivity contribution in [3.8, 4) is 11.5 Å². The summed E-state index contributed by atoms with van der Waals surface area (Å²) in [7, 11) is 1.62. The zero-order valence-corrected chi connectivity index (χ0v) is 22.5. The maximum atomic E-state index is 13.2. The van der Waals surface area contributed by atoms with Gasteiger partial charge in [-0.15, -0.1) is 5.10 Å². The Morgan fingerprint density at radius 2 is 2.00 bits per heavy atom. The largest absolute Gasteiger partial charge is 0.493 e. The average molecular weight is 503 g/mol. The number of hydrogen-bond donors (Lipinski definition) is 1. The lowest BCUT2D eigenvalue weighted by molar-refractivity contribution is -0.139. The number of hydrogen-bond acceptors (Lipinski definition) is 8. The number of carbonyl (C=O) groups excluding carboxylic acids is 1. The smallest absolute Gasteiger partial charge is 0.338 e. The molecule has 2 aromatic rings. The van der Waals surface area contributed by atoms with Crippen molar-refractivity contribution >= 4 is 23.7 Å². The Hall–Kier alpha value is -2.68. The van der Waals surface area contributed by atoms with Crippen LogP contribution in [0.5, 0.6) is 11.5 Å². The summed E-state index contributed by atoms with van der Waals surface area (Å²) in [5.41, 5.74) is 2.07. The Morgan fingerprint density at radius 1 is 1.20 bits per heavy atom. The van der Waals surface area contributed by atoms with Gasteiger partial charge in [0.25, 0.3) is 0 Å². The van der Waals surface area contributed by atoms with E-state index in [-0.39, 0.29) is 5.97 Å². The normalized spacial score (nSPS) is 15.1. The van der Waals surface area contributed by atoms with Crippen LogP contribution < -0.4 is 14.8 Å². The molecule has 1 aromatic heterocycles. The molecule has 2 heterocycles. The maximum absolute atomic E-state index is 13.2. The number of rotatable bonds is 13. The number of nitrogens with zero attached hydrogens (tertiary/aromatic N) is 3. The highest BCUT2D eigenvalue weighted by molar-refractivity contribution is 7.99. The van der Waals surface area contributed by atoms with Gasteiger partial charge in [0, 0.05) is 11.4 Å². The number of unbranched alkanes of at least 4 members (excludes halogenated alkanes) is 1. The Kier molecular flexibility index (Phi) is 9.89. The van der Waals surface area contributed by atoms with E-state index in [1.54, 1.807) is 23.6 Å². The molecule has 192 valence electrons. The van der Waals surface area contributed by atoms with E-state index in [0.29, 0.717) is 53.0 Å². The molecule has 9 heteroatoms. The van der Waals surface area contributed by atoms with E-state index in [9.17, 15) is 4.79 Å². The third-order valence-electron chi connectivity index (χ3n) is 5.68. The number of esters is 1. The van der Waals surface area contributed by atoms with Gasteiger partial charge >= 0.3 is 5.97 Å². The molecule has 0 amide bonds. The van der Waals surface area contributed by atoms with E-state index in [1.165, 1.54) is 0 Å². The first-order valence-corrected chi connectivity index (χ1v) is 13.4. The number of methoxy groups -OCH3 is 1. The van der Waals surface area contributed by atoms with Crippen molar-refractivity contribution in [2.75, 3.05) is 31.4 Å². The number of benzene rings is 1. The SMILES string of the molecule is CCCCOC(=O)C1=C(C)Nc2nc(SCCC)nn2C1c1ccc(OCCC(C)C)c(OC)c1. The molecule has 8 nitrogen and oxygen atoms in total. The van der Waals surface area contributed by atoms with Gasteiger partial charge in [-0.25, -0.2) is 9.48 Å². The summed E-state index contributed by atoms with van der Waals surface area (Å²) in [5, 5.41) is 8.68. The lowest BCUT2D eigenvalue weighted by Crippen LogP contribution is -2.29. The van der Waals surface area contributed by atoms with Crippen molar-refractivity contribution in [1.29, 1.82) is 0 Å². The number of carbonyl (C=O) groups is 1. The van der Waals surface area contributed by atoms with Crippen molar-refractivity contribution in [1.82, 2.24) is 14.8 Å². The number of aromatic nitrogens is 3. The second-order valence-corrected chi connectivity index (χ2v) is 10.1. The minimum Gasteiger partial charge on any atom is -0.493 e. The standard InChI is InChI=1S/C26H38N4O4S/c1-7-9-13-34-24(31)22-18(5)27-25-28-26(35-15-8-2)29-30(25)23(22)19-10-11-20(21(16-19)32-6)33-14-12-17(3)4/h10-11,16-17,23H,7-9,12-15H2,1-6H3,(H,27,28,29). The van der Waals surface area contributed by atoms with Crippen LogP contribution in [-0.2, 0) is 9.53 Å². The fourth-order valence-corrected chi connectivity index (χ4v) is 4.41. The molecular weight excluding hydrogens is 464 g/mol. The van der Waals surface area contributed by atoms with Crippen LogP contribution in [0.15, 0.2) is 34.6 Å². The molecule has 1 aromatic carbocycles. The van der Waals surface area contributed by atoms with Crippen LogP contribution in [0.3, 0.4) is 0 Å². The number of allylic oxidation sites excluding steroid dienone is 1. The summed E-state index contributed by atoms with van der Waals surface area (Å²) < 4.78 is 19.0. The molecule has 1 aliphatic rings. The molecule has 1 unspecified atom stereocenters. The molecule has 35 heavy (non-hydrogen) atoms. The summed E-state index contributed by atoms with van der Waals surface area (Å²) in [5.74, 6) is 3.01. The van der Waals surface area contributed by atoms with Crippen LogP contribution in [0, 0.1) is 5.92 Å². The molecule has 1 aliphatic heterocycles. The zero-order valence-electron chi connectivity index (χ0n) is 21.7. The molecule has 0 fully saturated rings. The van der Waals surface area contributed by atoms with Crippen LogP contribution in [0.1, 0.15) is 71.9 Å². The second-order valence-electron chi connectivity index (χ2n) is 9.01. The predicted molar refractivity (Wildman–Crippen MR) is 139 cm³/mol. The fourth-order valence-electron chi connectivity index (χ4n) is 3.72. The summed E-state index contributed by atoms with van der Waals surface area (Å²) in [4.78, 5) is 17.9. The van der Waals surface area contributed by atoms with Gasteiger partial charge < -0.3 is 19.5 Å². The van der Waals surface area contributed by atoms with Gasteiger partial charge in [0.2, 0.25) is 11.1 Å². The molecular formula is C26H38N4O4S. The average Bonchev–Trinajstić information content (AvgIpc) is 3.24. The molecule has 0 spiro atoms. The second kappa shape index (κ2) is 12.9. The van der Waals surface area contributed by atoms with Gasteiger partial charge in [-0.1, -0.05) is 51.9 Å². The number of nitrogens with one attached hydrogen (secondary N) is 1. The summed E-state index contributed by atoms with van der Waals surface area (Å²) in [6.45, 7) is 11.4. The molecule has 0 radical (unpaired) electrons. The number of ether oxygens (including phenoxy) is 3. The molecule has 3 rings (SSSR count). The molecule has 0 bridgehead atoms. The quantitative estimate of drug-likeness (QED) is 0.207. The topological polar surface area (TPSA) is 87.5 Å². The van der Waals surface area contributed by atoms with E-state index >= 15 is 0 Å². The number of thioether (sulfide) groups is 1. The Balaban J connectivity index is 2.00. The molecule has 0 saturated heterocycles. The predicted octanol–water partition coefficient (Wildman–Crippen LogP) is 5.85. The molecule has 1 N–H and O–H groups in total. The van der Waals surface area contributed by atoms with Crippen LogP contribution in [0.25, 0.3) is 0 Å². The van der Waals surface area contributed by atoms with E-state index < -0.39 is 6.04 Å². The molecule has 1 atom stereocenters. The van der Waals surface area contributed by atoms with E-state index in [1.807, 2.05) is 25.1 Å². The minimum absolute atomic E-state index is 0.353. The molecule has 0 saturated carbocycles.